The van der Waals surface area contributed by atoms with Crippen LogP contribution in [0.3, 0.4) is 0 Å². The third kappa shape index (κ3) is 10.5. The largest absolute Gasteiger partial charge is 0.115 e. The molecule has 0 amide bonds. The molecular weight excluding hydrogens is 332 g/mol. The van der Waals surface area contributed by atoms with Gasteiger partial charge >= 0.3 is 0 Å². The molecule has 0 nitrogen and oxygen atoms in total. The first-order valence-electron chi connectivity index (χ1n) is 11.1. The Kier molecular flexibility index (Phi) is 13.8. The number of hydrogen-bond donors (Lipinski definition) is 0. The molecule has 0 spiro atoms. The molecule has 0 radical (unpaired) electrons. The fourth-order valence-electron chi connectivity index (χ4n) is 3.61. The third-order valence-electron chi connectivity index (χ3n) is 5.34. The predicted molar refractivity (Wildman–Crippen MR) is 121 cm³/mol. The summed E-state index contributed by atoms with van der Waals surface area (Å²) >= 11 is 2.05. The molecule has 0 aliphatic heterocycles. The van der Waals surface area contributed by atoms with Gasteiger partial charge in [-0.3, -0.25) is 0 Å². The van der Waals surface area contributed by atoms with Crippen LogP contribution in [0.5, 0.6) is 0 Å². The van der Waals surface area contributed by atoms with Crippen LogP contribution in [0, 0.1) is 0 Å². The van der Waals surface area contributed by atoms with E-state index in [2.05, 4.69) is 68.6 Å². The molecule has 0 saturated carbocycles. The van der Waals surface area contributed by atoms with E-state index in [-0.39, 0.29) is 4.75 Å². The van der Waals surface area contributed by atoms with E-state index < -0.39 is 0 Å². The molecule has 0 fully saturated rings. The van der Waals surface area contributed by atoms with E-state index in [1.54, 1.807) is 0 Å². The molecule has 26 heavy (non-hydrogen) atoms. The third-order valence-corrected chi connectivity index (χ3v) is 6.83. The van der Waals surface area contributed by atoms with Gasteiger partial charge in [0.15, 0.2) is 0 Å². The Hall–Kier alpha value is -0.690. The molecule has 0 bridgehead atoms. The zero-order valence-corrected chi connectivity index (χ0v) is 18.3. The van der Waals surface area contributed by atoms with Crippen molar-refractivity contribution >= 4 is 11.8 Å². The lowest BCUT2D eigenvalue weighted by Gasteiger charge is -2.30. The Morgan fingerprint density at radius 2 is 1.19 bits per heavy atom. The zero-order valence-electron chi connectivity index (χ0n) is 17.5. The van der Waals surface area contributed by atoms with Gasteiger partial charge in [-0.15, -0.1) is 18.3 Å². The summed E-state index contributed by atoms with van der Waals surface area (Å²) in [5, 5.41) is 0. The topological polar surface area (TPSA) is 0 Å². The van der Waals surface area contributed by atoms with Gasteiger partial charge < -0.3 is 0 Å². The van der Waals surface area contributed by atoms with E-state index in [9.17, 15) is 0 Å². The summed E-state index contributed by atoms with van der Waals surface area (Å²) in [6, 6.07) is 10.9. The number of thioether (sulfide) groups is 1. The summed E-state index contributed by atoms with van der Waals surface area (Å²) in [4.78, 5) is 1.39. The van der Waals surface area contributed by atoms with Gasteiger partial charge in [0.1, 0.15) is 0 Å². The highest BCUT2D eigenvalue weighted by Gasteiger charge is 2.27. The lowest BCUT2D eigenvalue weighted by molar-refractivity contribution is 0.495. The second-order valence-corrected chi connectivity index (χ2v) is 9.21. The van der Waals surface area contributed by atoms with E-state index in [1.807, 2.05) is 0 Å². The van der Waals surface area contributed by atoms with Crippen molar-refractivity contribution in [2.75, 3.05) is 0 Å². The standard InChI is InChI=1S/C25H42S/c1-4-7-9-11-13-18-22-25(6-3,23-19-14-12-10-8-5-2)26-24-20-16-15-17-21-24/h6,15-17,20-21H,3-5,7-14,18-19,22-23H2,1-2H3. The van der Waals surface area contributed by atoms with Crippen LogP contribution in [0.1, 0.15) is 104 Å². The van der Waals surface area contributed by atoms with Crippen LogP contribution in [-0.4, -0.2) is 4.75 Å². The fraction of sp³-hybridized carbons (Fsp3) is 0.680. The Morgan fingerprint density at radius 1 is 0.731 bits per heavy atom. The van der Waals surface area contributed by atoms with Gasteiger partial charge in [0, 0.05) is 9.64 Å². The van der Waals surface area contributed by atoms with Crippen molar-refractivity contribution in [3.63, 3.8) is 0 Å². The van der Waals surface area contributed by atoms with Gasteiger partial charge in [-0.05, 0) is 25.0 Å². The molecular formula is C25H42S. The van der Waals surface area contributed by atoms with Crippen molar-refractivity contribution in [1.29, 1.82) is 0 Å². The minimum Gasteiger partial charge on any atom is -0.115 e. The van der Waals surface area contributed by atoms with Gasteiger partial charge in [0.2, 0.25) is 0 Å². The van der Waals surface area contributed by atoms with Crippen LogP contribution in [0.2, 0.25) is 0 Å². The number of hydrogen-bond acceptors (Lipinski definition) is 1. The van der Waals surface area contributed by atoms with Gasteiger partial charge in [0.25, 0.3) is 0 Å². The minimum atomic E-state index is 0.219. The molecule has 1 rings (SSSR count). The van der Waals surface area contributed by atoms with Crippen LogP contribution in [0.4, 0.5) is 0 Å². The zero-order chi connectivity index (χ0) is 18.9. The van der Waals surface area contributed by atoms with Gasteiger partial charge in [-0.2, -0.15) is 0 Å². The van der Waals surface area contributed by atoms with Crippen LogP contribution in [0.15, 0.2) is 47.9 Å². The minimum absolute atomic E-state index is 0.219. The van der Waals surface area contributed by atoms with E-state index in [0.717, 1.165) is 0 Å². The molecule has 0 aromatic heterocycles. The molecule has 0 saturated heterocycles. The summed E-state index contributed by atoms with van der Waals surface area (Å²) < 4.78 is 0.219. The number of rotatable bonds is 17. The van der Waals surface area contributed by atoms with E-state index in [1.165, 1.54) is 94.8 Å². The molecule has 148 valence electrons. The lowest BCUT2D eigenvalue weighted by atomic mass is 9.93. The molecule has 1 heteroatoms. The van der Waals surface area contributed by atoms with Crippen molar-refractivity contribution in [1.82, 2.24) is 0 Å². The van der Waals surface area contributed by atoms with Crippen LogP contribution < -0.4 is 0 Å². The summed E-state index contributed by atoms with van der Waals surface area (Å²) in [6.45, 7) is 8.85. The van der Waals surface area contributed by atoms with Crippen LogP contribution in [-0.2, 0) is 0 Å². The van der Waals surface area contributed by atoms with E-state index in [4.69, 9.17) is 0 Å². The molecule has 0 aliphatic carbocycles. The maximum absolute atomic E-state index is 4.27. The second-order valence-electron chi connectivity index (χ2n) is 7.72. The van der Waals surface area contributed by atoms with Crippen molar-refractivity contribution in [2.24, 2.45) is 0 Å². The maximum atomic E-state index is 4.27. The lowest BCUT2D eigenvalue weighted by Crippen LogP contribution is -2.21. The first-order valence-corrected chi connectivity index (χ1v) is 12.0. The molecule has 1 aromatic carbocycles. The van der Waals surface area contributed by atoms with Crippen LogP contribution >= 0.6 is 11.8 Å². The van der Waals surface area contributed by atoms with Crippen molar-refractivity contribution in [2.45, 2.75) is 113 Å². The molecule has 0 atom stereocenters. The second kappa shape index (κ2) is 15.4. The first kappa shape index (κ1) is 23.3. The summed E-state index contributed by atoms with van der Waals surface area (Å²) in [6.07, 6.45) is 21.3. The summed E-state index contributed by atoms with van der Waals surface area (Å²) in [7, 11) is 0. The number of benzene rings is 1. The Morgan fingerprint density at radius 3 is 1.65 bits per heavy atom. The Balaban J connectivity index is 2.52. The molecule has 1 aromatic rings. The van der Waals surface area contributed by atoms with Gasteiger partial charge in [0.05, 0.1) is 0 Å². The summed E-state index contributed by atoms with van der Waals surface area (Å²) in [5.74, 6) is 0. The highest BCUT2D eigenvalue weighted by atomic mass is 32.2. The van der Waals surface area contributed by atoms with E-state index in [0.29, 0.717) is 0 Å². The summed E-state index contributed by atoms with van der Waals surface area (Å²) in [5.41, 5.74) is 0. The average molecular weight is 375 g/mol. The van der Waals surface area contributed by atoms with Crippen LogP contribution in [0.25, 0.3) is 0 Å². The van der Waals surface area contributed by atoms with Gasteiger partial charge in [-0.1, -0.05) is 115 Å². The maximum Gasteiger partial charge on any atom is 0.0383 e. The monoisotopic (exact) mass is 374 g/mol. The smallest absolute Gasteiger partial charge is 0.0383 e. The Bertz CT molecular complexity index is 421. The predicted octanol–water partition coefficient (Wildman–Crippen LogP) is 9.20. The quantitative estimate of drug-likeness (QED) is 0.149. The van der Waals surface area contributed by atoms with E-state index >= 15 is 0 Å². The average Bonchev–Trinajstić information content (AvgIpc) is 2.68. The Labute approximate surface area is 168 Å². The molecule has 0 heterocycles. The molecule has 0 aliphatic rings. The SMILES string of the molecule is C=CC(CCCCCCCC)(CCCCCCCC)Sc1ccccc1. The molecule has 0 unspecified atom stereocenters. The first-order chi connectivity index (χ1) is 12.8. The fourth-order valence-corrected chi connectivity index (χ4v) is 4.94. The van der Waals surface area contributed by atoms with Crippen molar-refractivity contribution in [3.8, 4) is 0 Å². The van der Waals surface area contributed by atoms with Gasteiger partial charge in [-0.25, -0.2) is 0 Å². The van der Waals surface area contributed by atoms with Crippen molar-refractivity contribution in [3.05, 3.63) is 43.0 Å². The van der Waals surface area contributed by atoms with Crippen molar-refractivity contribution < 1.29 is 0 Å². The number of unbranched alkanes of at least 4 members (excludes halogenated alkanes) is 10. The normalized spacial score (nSPS) is 11.6. The molecule has 0 N–H and O–H groups in total. The highest BCUT2D eigenvalue weighted by molar-refractivity contribution is 8.00. The highest BCUT2D eigenvalue weighted by Crippen LogP contribution is 2.42.